The van der Waals surface area contributed by atoms with Crippen molar-refractivity contribution in [3.63, 3.8) is 0 Å². The van der Waals surface area contributed by atoms with Gasteiger partial charge in [0, 0.05) is 48.7 Å². The van der Waals surface area contributed by atoms with E-state index in [9.17, 15) is 0 Å². The number of rotatable bonds is 8. The van der Waals surface area contributed by atoms with Crippen molar-refractivity contribution in [1.82, 2.24) is 10.6 Å². The zero-order valence-electron chi connectivity index (χ0n) is 17.1. The highest BCUT2D eigenvalue weighted by Crippen LogP contribution is 2.26. The van der Waals surface area contributed by atoms with E-state index in [0.717, 1.165) is 44.4 Å². The Bertz CT molecular complexity index is 747. The van der Waals surface area contributed by atoms with Crippen LogP contribution in [0, 0.1) is 5.92 Å². The zero-order chi connectivity index (χ0) is 19.8. The number of ether oxygens (including phenoxy) is 1. The minimum absolute atomic E-state index is 0.450. The number of methoxy groups -OCH3 is 1. The molecule has 0 aliphatic carbocycles. The molecule has 28 heavy (non-hydrogen) atoms. The normalized spacial score (nSPS) is 18.2. The molecule has 1 fully saturated rings. The molecule has 0 radical (unpaired) electrons. The maximum Gasteiger partial charge on any atom is 0.191 e. The first-order valence-electron chi connectivity index (χ1n) is 10.1. The van der Waals surface area contributed by atoms with Gasteiger partial charge in [0.05, 0.1) is 13.7 Å². The van der Waals surface area contributed by atoms with Gasteiger partial charge in [-0.25, -0.2) is 0 Å². The van der Waals surface area contributed by atoms with Crippen LogP contribution >= 0.6 is 11.3 Å². The largest absolute Gasteiger partial charge is 0.497 e. The Labute approximate surface area is 172 Å². The summed E-state index contributed by atoms with van der Waals surface area (Å²) in [5.74, 6) is 2.90. The lowest BCUT2D eigenvalue weighted by molar-refractivity contribution is 0.415. The topological polar surface area (TPSA) is 48.9 Å². The summed E-state index contributed by atoms with van der Waals surface area (Å²) in [5.41, 5.74) is 1.24. The fraction of sp³-hybridized carbons (Fsp3) is 0.500. The molecule has 2 atom stereocenters. The molecule has 0 bridgehead atoms. The molecule has 152 valence electrons. The van der Waals surface area contributed by atoms with Gasteiger partial charge in [-0.1, -0.05) is 19.1 Å². The maximum absolute atomic E-state index is 5.36. The smallest absolute Gasteiger partial charge is 0.191 e. The third-order valence-electron chi connectivity index (χ3n) is 5.16. The average molecular weight is 401 g/mol. The van der Waals surface area contributed by atoms with Crippen molar-refractivity contribution in [3.8, 4) is 5.75 Å². The SMILES string of the molecule is CCNC(=NCC(C)c1cccs1)NCC1CCN(c2cccc(OC)c2)C1. The summed E-state index contributed by atoms with van der Waals surface area (Å²) in [6.07, 6.45) is 1.19. The van der Waals surface area contributed by atoms with E-state index >= 15 is 0 Å². The summed E-state index contributed by atoms with van der Waals surface area (Å²) in [6.45, 7) is 9.12. The maximum atomic E-state index is 5.36. The second kappa shape index (κ2) is 10.4. The predicted octanol–water partition coefficient (Wildman–Crippen LogP) is 3.94. The Morgan fingerprint density at radius 2 is 2.21 bits per heavy atom. The Morgan fingerprint density at radius 1 is 1.32 bits per heavy atom. The number of thiophene rings is 1. The van der Waals surface area contributed by atoms with Gasteiger partial charge in [0.1, 0.15) is 5.75 Å². The van der Waals surface area contributed by atoms with Gasteiger partial charge in [-0.2, -0.15) is 0 Å². The van der Waals surface area contributed by atoms with Gasteiger partial charge in [-0.15, -0.1) is 11.3 Å². The van der Waals surface area contributed by atoms with Crippen molar-refractivity contribution in [2.24, 2.45) is 10.9 Å². The molecular formula is C22H32N4OS. The van der Waals surface area contributed by atoms with Gasteiger partial charge in [0.25, 0.3) is 0 Å². The highest BCUT2D eigenvalue weighted by atomic mass is 32.1. The van der Waals surface area contributed by atoms with E-state index in [1.807, 2.05) is 6.07 Å². The van der Waals surface area contributed by atoms with E-state index in [0.29, 0.717) is 11.8 Å². The van der Waals surface area contributed by atoms with E-state index in [2.05, 4.69) is 65.1 Å². The Hall–Kier alpha value is -2.21. The highest BCUT2D eigenvalue weighted by molar-refractivity contribution is 7.10. The molecule has 0 amide bonds. The summed E-state index contributed by atoms with van der Waals surface area (Å²) < 4.78 is 5.36. The van der Waals surface area contributed by atoms with Gasteiger partial charge >= 0.3 is 0 Å². The summed E-state index contributed by atoms with van der Waals surface area (Å²) in [4.78, 5) is 8.64. The number of aliphatic imine (C=N–C) groups is 1. The van der Waals surface area contributed by atoms with Gasteiger partial charge in [0.15, 0.2) is 5.96 Å². The van der Waals surface area contributed by atoms with Crippen LogP contribution in [-0.2, 0) is 0 Å². The molecule has 1 aromatic carbocycles. The second-order valence-electron chi connectivity index (χ2n) is 7.32. The van der Waals surface area contributed by atoms with Crippen LogP contribution in [0.1, 0.15) is 31.1 Å². The van der Waals surface area contributed by atoms with Crippen LogP contribution in [0.15, 0.2) is 46.8 Å². The summed E-state index contributed by atoms with van der Waals surface area (Å²) >= 11 is 1.81. The molecule has 0 spiro atoms. The van der Waals surface area contributed by atoms with Crippen molar-refractivity contribution in [3.05, 3.63) is 46.7 Å². The Kier molecular flexibility index (Phi) is 7.60. The number of nitrogens with zero attached hydrogens (tertiary/aromatic N) is 2. The Balaban J connectivity index is 1.50. The van der Waals surface area contributed by atoms with Crippen LogP contribution in [0.3, 0.4) is 0 Å². The lowest BCUT2D eigenvalue weighted by atomic mass is 10.1. The molecule has 3 rings (SSSR count). The van der Waals surface area contributed by atoms with Crippen molar-refractivity contribution in [2.75, 3.05) is 44.7 Å². The quantitative estimate of drug-likeness (QED) is 0.520. The van der Waals surface area contributed by atoms with Crippen LogP contribution in [-0.4, -0.2) is 45.8 Å². The van der Waals surface area contributed by atoms with Crippen LogP contribution in [0.25, 0.3) is 0 Å². The highest BCUT2D eigenvalue weighted by Gasteiger charge is 2.23. The third kappa shape index (κ3) is 5.64. The number of benzene rings is 1. The first-order valence-corrected chi connectivity index (χ1v) is 11.0. The van der Waals surface area contributed by atoms with Crippen LogP contribution in [0.4, 0.5) is 5.69 Å². The molecular weight excluding hydrogens is 368 g/mol. The van der Waals surface area contributed by atoms with E-state index in [1.54, 1.807) is 18.4 Å². The van der Waals surface area contributed by atoms with Crippen LogP contribution in [0.2, 0.25) is 0 Å². The van der Waals surface area contributed by atoms with Gasteiger partial charge < -0.3 is 20.3 Å². The third-order valence-corrected chi connectivity index (χ3v) is 6.26. The first kappa shape index (κ1) is 20.5. The number of guanidine groups is 1. The van der Waals surface area contributed by atoms with Crippen molar-refractivity contribution >= 4 is 23.0 Å². The molecule has 1 aromatic heterocycles. The molecule has 2 heterocycles. The molecule has 2 aromatic rings. The fourth-order valence-electron chi connectivity index (χ4n) is 3.51. The molecule has 0 saturated carbocycles. The molecule has 6 heteroatoms. The summed E-state index contributed by atoms with van der Waals surface area (Å²) in [6, 6.07) is 12.6. The predicted molar refractivity (Wildman–Crippen MR) is 120 cm³/mol. The van der Waals surface area contributed by atoms with E-state index in [4.69, 9.17) is 9.73 Å². The lowest BCUT2D eigenvalue weighted by Gasteiger charge is -2.20. The molecule has 2 unspecified atom stereocenters. The molecule has 1 aliphatic heterocycles. The van der Waals surface area contributed by atoms with Crippen LogP contribution in [0.5, 0.6) is 5.75 Å². The van der Waals surface area contributed by atoms with E-state index in [-0.39, 0.29) is 0 Å². The number of hydrogen-bond donors (Lipinski definition) is 2. The summed E-state index contributed by atoms with van der Waals surface area (Å²) in [5, 5.41) is 9.06. The monoisotopic (exact) mass is 400 g/mol. The van der Waals surface area contributed by atoms with Gasteiger partial charge in [-0.05, 0) is 42.8 Å². The second-order valence-corrected chi connectivity index (χ2v) is 8.30. The minimum atomic E-state index is 0.450. The standard InChI is InChI=1S/C22H32N4OS/c1-4-23-22(24-14-17(2)21-9-6-12-28-21)25-15-18-10-11-26(16-18)19-7-5-8-20(13-19)27-3/h5-9,12-13,17-18H,4,10-11,14-16H2,1-3H3,(H2,23,24,25). The lowest BCUT2D eigenvalue weighted by Crippen LogP contribution is -2.40. The molecule has 1 aliphatic rings. The zero-order valence-corrected chi connectivity index (χ0v) is 18.0. The molecule has 2 N–H and O–H groups in total. The van der Waals surface area contributed by atoms with Crippen LogP contribution < -0.4 is 20.3 Å². The average Bonchev–Trinajstić information content (AvgIpc) is 3.42. The minimum Gasteiger partial charge on any atom is -0.497 e. The number of anilines is 1. The van der Waals surface area contributed by atoms with Crippen molar-refractivity contribution < 1.29 is 4.74 Å². The number of hydrogen-bond acceptors (Lipinski definition) is 4. The molecule has 1 saturated heterocycles. The first-order chi connectivity index (χ1) is 13.7. The van der Waals surface area contributed by atoms with E-state index in [1.165, 1.54) is 17.0 Å². The molecule has 5 nitrogen and oxygen atoms in total. The van der Waals surface area contributed by atoms with Gasteiger partial charge in [0.2, 0.25) is 0 Å². The Morgan fingerprint density at radius 3 is 2.96 bits per heavy atom. The fourth-order valence-corrected chi connectivity index (χ4v) is 4.29. The van der Waals surface area contributed by atoms with Crippen molar-refractivity contribution in [1.29, 1.82) is 0 Å². The van der Waals surface area contributed by atoms with E-state index < -0.39 is 0 Å². The number of nitrogens with one attached hydrogen (secondary N) is 2. The van der Waals surface area contributed by atoms with Crippen molar-refractivity contribution in [2.45, 2.75) is 26.2 Å². The summed E-state index contributed by atoms with van der Waals surface area (Å²) in [7, 11) is 1.72. The van der Waals surface area contributed by atoms with Gasteiger partial charge in [-0.3, -0.25) is 4.99 Å².